The van der Waals surface area contributed by atoms with Crippen LogP contribution in [0.5, 0.6) is 11.5 Å². The third-order valence-electron chi connectivity index (χ3n) is 5.78. The zero-order valence-electron chi connectivity index (χ0n) is 19.6. The Bertz CT molecular complexity index is 1290. The molecule has 0 bridgehead atoms. The largest absolute Gasteiger partial charge is 0.491 e. The minimum Gasteiger partial charge on any atom is -0.491 e. The Kier molecular flexibility index (Phi) is 8.04. The molecule has 35 heavy (non-hydrogen) atoms. The first-order chi connectivity index (χ1) is 17.0. The van der Waals surface area contributed by atoms with Gasteiger partial charge in [0, 0.05) is 16.2 Å². The molecule has 0 aliphatic carbocycles. The maximum absolute atomic E-state index is 14.3. The predicted octanol–water partition coefficient (Wildman–Crippen LogP) is 4.71. The number of ether oxygens (including phenoxy) is 2. The van der Waals surface area contributed by atoms with E-state index >= 15 is 0 Å². The summed E-state index contributed by atoms with van der Waals surface area (Å²) in [6.07, 6.45) is 0. The van der Waals surface area contributed by atoms with E-state index in [0.29, 0.717) is 11.5 Å². The zero-order valence-corrected chi connectivity index (χ0v) is 20.5. The summed E-state index contributed by atoms with van der Waals surface area (Å²) in [5.74, 6) is 1.34. The van der Waals surface area contributed by atoms with Gasteiger partial charge in [-0.15, -0.1) is 0 Å². The first-order valence-electron chi connectivity index (χ1n) is 11.5. The summed E-state index contributed by atoms with van der Waals surface area (Å²) in [6.45, 7) is 2.18. The molecule has 6 heteroatoms. The van der Waals surface area contributed by atoms with E-state index in [0.717, 1.165) is 32.9 Å². The third-order valence-corrected chi connectivity index (χ3v) is 8.36. The van der Waals surface area contributed by atoms with Crippen molar-refractivity contribution in [1.82, 2.24) is 0 Å². The number of rotatable bonds is 10. The van der Waals surface area contributed by atoms with Crippen molar-refractivity contribution in [2.45, 2.75) is 0 Å². The minimum absolute atomic E-state index is 0.0444. The topological polar surface area (TPSA) is 76.0 Å². The van der Waals surface area contributed by atoms with E-state index in [2.05, 4.69) is 0 Å². The van der Waals surface area contributed by atoms with Crippen LogP contribution in [0.2, 0.25) is 0 Å². The monoisotopic (exact) mass is 488 g/mol. The molecule has 0 amide bonds. The summed E-state index contributed by atoms with van der Waals surface area (Å²) < 4.78 is 25.3. The second kappa shape index (κ2) is 11.4. The van der Waals surface area contributed by atoms with Gasteiger partial charge in [-0.3, -0.25) is 0 Å². The molecule has 0 fully saturated rings. The van der Waals surface area contributed by atoms with Gasteiger partial charge in [0.15, 0.2) is 0 Å². The smallest absolute Gasteiger partial charge is 0.140 e. The molecule has 4 rings (SSSR count). The van der Waals surface area contributed by atoms with E-state index in [9.17, 15) is 4.57 Å². The summed E-state index contributed by atoms with van der Waals surface area (Å²) in [7, 11) is -2.92. The van der Waals surface area contributed by atoms with Gasteiger partial charge in [-0.1, -0.05) is 72.8 Å². The van der Waals surface area contributed by atoms with Crippen LogP contribution in [0.15, 0.2) is 97.1 Å². The Morgan fingerprint density at radius 3 is 1.74 bits per heavy atom. The van der Waals surface area contributed by atoms with Crippen molar-refractivity contribution < 1.29 is 24.3 Å². The van der Waals surface area contributed by atoms with Gasteiger partial charge < -0.3 is 24.3 Å². The van der Waals surface area contributed by atoms with E-state index in [1.807, 2.05) is 104 Å². The normalized spacial score (nSPS) is 12.7. The molecule has 0 heterocycles. The van der Waals surface area contributed by atoms with Crippen molar-refractivity contribution in [3.63, 3.8) is 0 Å². The molecule has 2 N–H and O–H groups in total. The maximum Gasteiger partial charge on any atom is 0.140 e. The van der Waals surface area contributed by atoms with Crippen LogP contribution in [-0.2, 0) is 4.57 Å². The molecule has 0 radical (unpaired) electrons. The van der Waals surface area contributed by atoms with Crippen LogP contribution in [0.1, 0.15) is 0 Å². The standard InChI is InChI=1S/C29H29O5P/c1-35(32,26-6-3-2-4-7-26)28-9-5-8-27(22-10-14-24(15-11-22)33-20-18-30)29(28)23-12-16-25(17-13-23)34-21-19-31/h2-17,30-31H,18-21H2,1H3. The number of hydrogen-bond donors (Lipinski definition) is 2. The van der Waals surface area contributed by atoms with E-state index in [1.165, 1.54) is 0 Å². The van der Waals surface area contributed by atoms with Gasteiger partial charge >= 0.3 is 0 Å². The molecule has 180 valence electrons. The minimum atomic E-state index is -2.92. The summed E-state index contributed by atoms with van der Waals surface area (Å²) in [5.41, 5.74) is 3.75. The van der Waals surface area contributed by atoms with Crippen LogP contribution in [0.3, 0.4) is 0 Å². The lowest BCUT2D eigenvalue weighted by atomic mass is 9.94. The molecule has 4 aromatic carbocycles. The fourth-order valence-electron chi connectivity index (χ4n) is 4.07. The van der Waals surface area contributed by atoms with Crippen LogP contribution in [-0.4, -0.2) is 43.3 Å². The van der Waals surface area contributed by atoms with Gasteiger partial charge in [-0.2, -0.15) is 0 Å². The second-order valence-electron chi connectivity index (χ2n) is 8.15. The summed E-state index contributed by atoms with van der Waals surface area (Å²) in [6, 6.07) is 30.8. The van der Waals surface area contributed by atoms with Crippen molar-refractivity contribution in [1.29, 1.82) is 0 Å². The highest BCUT2D eigenvalue weighted by Gasteiger charge is 2.26. The first kappa shape index (κ1) is 24.7. The van der Waals surface area contributed by atoms with Gasteiger partial charge in [-0.25, -0.2) is 0 Å². The van der Waals surface area contributed by atoms with Crippen LogP contribution in [0.4, 0.5) is 0 Å². The highest BCUT2D eigenvalue weighted by molar-refractivity contribution is 7.78. The van der Waals surface area contributed by atoms with E-state index in [4.69, 9.17) is 19.7 Å². The van der Waals surface area contributed by atoms with Crippen LogP contribution in [0, 0.1) is 0 Å². The van der Waals surface area contributed by atoms with Gasteiger partial charge in [0.1, 0.15) is 31.9 Å². The summed E-state index contributed by atoms with van der Waals surface area (Å²) in [5, 5.41) is 19.6. The molecule has 4 aromatic rings. The fourth-order valence-corrected chi connectivity index (χ4v) is 6.13. The molecule has 0 aromatic heterocycles. The molecule has 1 unspecified atom stereocenters. The number of benzene rings is 4. The number of aliphatic hydroxyl groups excluding tert-OH is 2. The Morgan fingerprint density at radius 1 is 0.657 bits per heavy atom. The Labute approximate surface area is 206 Å². The molecule has 5 nitrogen and oxygen atoms in total. The van der Waals surface area contributed by atoms with Crippen LogP contribution in [0.25, 0.3) is 22.3 Å². The SMILES string of the molecule is CP(=O)(c1ccccc1)c1cccc(-c2ccc(OCCO)cc2)c1-c1ccc(OCCO)cc1. The summed E-state index contributed by atoms with van der Waals surface area (Å²) in [4.78, 5) is 0. The van der Waals surface area contributed by atoms with E-state index < -0.39 is 7.14 Å². The lowest BCUT2D eigenvalue weighted by molar-refractivity contribution is 0.201. The molecule has 0 aliphatic rings. The van der Waals surface area contributed by atoms with Crippen molar-refractivity contribution in [3.05, 3.63) is 97.1 Å². The molecule has 1 atom stereocenters. The van der Waals surface area contributed by atoms with Gasteiger partial charge in [-0.05, 0) is 47.6 Å². The van der Waals surface area contributed by atoms with Crippen LogP contribution >= 0.6 is 7.14 Å². The predicted molar refractivity (Wildman–Crippen MR) is 142 cm³/mol. The average molecular weight is 489 g/mol. The Balaban J connectivity index is 1.86. The van der Waals surface area contributed by atoms with Crippen molar-refractivity contribution in [2.24, 2.45) is 0 Å². The average Bonchev–Trinajstić information content (AvgIpc) is 2.91. The van der Waals surface area contributed by atoms with Gasteiger partial charge in [0.05, 0.1) is 13.2 Å². The molecular formula is C29H29O5P. The lowest BCUT2D eigenvalue weighted by Crippen LogP contribution is -2.17. The van der Waals surface area contributed by atoms with Gasteiger partial charge in [0.25, 0.3) is 0 Å². The molecule has 0 saturated carbocycles. The maximum atomic E-state index is 14.3. The van der Waals surface area contributed by atoms with Crippen molar-refractivity contribution in [3.8, 4) is 33.8 Å². The van der Waals surface area contributed by atoms with E-state index in [-0.39, 0.29) is 26.4 Å². The van der Waals surface area contributed by atoms with Crippen molar-refractivity contribution in [2.75, 3.05) is 33.1 Å². The number of aliphatic hydroxyl groups is 2. The highest BCUT2D eigenvalue weighted by atomic mass is 31.2. The van der Waals surface area contributed by atoms with Crippen molar-refractivity contribution >= 4 is 17.8 Å². The van der Waals surface area contributed by atoms with E-state index in [1.54, 1.807) is 0 Å². The van der Waals surface area contributed by atoms with Crippen LogP contribution < -0.4 is 20.1 Å². The quantitative estimate of drug-likeness (QED) is 0.317. The Morgan fingerprint density at radius 2 is 1.20 bits per heavy atom. The molecule has 0 aliphatic heterocycles. The molecule has 0 saturated heterocycles. The fraction of sp³-hybridized carbons (Fsp3) is 0.172. The first-order valence-corrected chi connectivity index (χ1v) is 13.6. The summed E-state index contributed by atoms with van der Waals surface area (Å²) >= 11 is 0. The highest BCUT2D eigenvalue weighted by Crippen LogP contribution is 2.45. The molecule has 0 spiro atoms. The van der Waals surface area contributed by atoms with Gasteiger partial charge in [0.2, 0.25) is 0 Å². The second-order valence-corrected chi connectivity index (χ2v) is 11.0. The number of hydrogen-bond acceptors (Lipinski definition) is 5. The lowest BCUT2D eigenvalue weighted by Gasteiger charge is -2.21. The third kappa shape index (κ3) is 5.66. The Hall–Kier alpha value is -3.37. The molecular weight excluding hydrogens is 459 g/mol. The zero-order chi connectivity index (χ0) is 24.7.